The second-order valence-electron chi connectivity index (χ2n) is 14.6. The van der Waals surface area contributed by atoms with Crippen LogP contribution in [0.25, 0.3) is 45.8 Å². The molecule has 2 saturated heterocycles. The maximum absolute atomic E-state index is 14.4. The summed E-state index contributed by atoms with van der Waals surface area (Å²) < 4.78 is 49.3. The molecular weight excluding hydrogens is 693 g/mol. The van der Waals surface area contributed by atoms with E-state index in [-0.39, 0.29) is 5.56 Å². The van der Waals surface area contributed by atoms with E-state index in [2.05, 4.69) is 11.0 Å². The van der Waals surface area contributed by atoms with Crippen LogP contribution in [-0.4, -0.2) is 63.2 Å². The highest BCUT2D eigenvalue weighted by molar-refractivity contribution is 5.85. The van der Waals surface area contributed by atoms with Crippen molar-refractivity contribution in [2.45, 2.75) is 59.0 Å². The largest absolute Gasteiger partial charge is 0.481 e. The molecule has 8 nitrogen and oxygen atoms in total. The molecule has 2 N–H and O–H groups in total. The van der Waals surface area contributed by atoms with Gasteiger partial charge in [-0.25, -0.2) is 4.98 Å². The number of β-amino-alcohol motifs (C(OH)–C–C–N with tert-alkyl or cyclic N) is 1. The Morgan fingerprint density at radius 3 is 2.30 bits per heavy atom. The van der Waals surface area contributed by atoms with Gasteiger partial charge in [-0.1, -0.05) is 48.6 Å². The van der Waals surface area contributed by atoms with Crippen LogP contribution in [0.2, 0.25) is 0 Å². The molecule has 0 saturated carbocycles. The first kappa shape index (κ1) is 37.1. The number of rotatable bonds is 9. The van der Waals surface area contributed by atoms with Crippen LogP contribution in [0.15, 0.2) is 65.1 Å². The minimum Gasteiger partial charge on any atom is -0.481 e. The molecule has 2 aliphatic rings. The molecule has 0 bridgehead atoms. The van der Waals surface area contributed by atoms with Crippen LogP contribution in [0, 0.1) is 38.0 Å². The number of likely N-dealkylation sites (tertiary alicyclic amines) is 2. The summed E-state index contributed by atoms with van der Waals surface area (Å²) in [6.45, 7) is 8.82. The number of aliphatic hydroxyl groups excluding tert-OH is 1. The number of aromatic nitrogens is 1. The van der Waals surface area contributed by atoms with E-state index in [0.717, 1.165) is 44.5 Å². The number of alkyl halides is 3. The Balaban J connectivity index is 1.18. The number of benzene rings is 4. The lowest BCUT2D eigenvalue weighted by atomic mass is 9.91. The van der Waals surface area contributed by atoms with Gasteiger partial charge in [-0.2, -0.15) is 18.4 Å². The Labute approximate surface area is 311 Å². The normalized spacial score (nSPS) is 18.3. The summed E-state index contributed by atoms with van der Waals surface area (Å²) in [5, 5.41) is 29.3. The number of oxazole rings is 1. The average Bonchev–Trinajstić information content (AvgIpc) is 3.88. The summed E-state index contributed by atoms with van der Waals surface area (Å²) in [6.07, 6.45) is -0.525. The molecule has 2 aliphatic heterocycles. The Morgan fingerprint density at radius 2 is 1.61 bits per heavy atom. The first-order chi connectivity index (χ1) is 25.8. The van der Waals surface area contributed by atoms with Crippen molar-refractivity contribution in [1.82, 2.24) is 14.8 Å². The maximum Gasteiger partial charge on any atom is 0.416 e. The smallest absolute Gasteiger partial charge is 0.416 e. The van der Waals surface area contributed by atoms with Gasteiger partial charge in [0.25, 0.3) is 0 Å². The van der Waals surface area contributed by atoms with E-state index in [0.29, 0.717) is 80.2 Å². The summed E-state index contributed by atoms with van der Waals surface area (Å²) in [4.78, 5) is 20.3. The number of carboxylic acids is 1. The Hall–Kier alpha value is -5.28. The molecule has 2 atom stereocenters. The number of aryl methyl sites for hydroxylation is 1. The predicted octanol–water partition coefficient (Wildman–Crippen LogP) is 8.62. The fourth-order valence-electron chi connectivity index (χ4n) is 7.81. The molecule has 0 amide bonds. The zero-order valence-corrected chi connectivity index (χ0v) is 30.4. The predicted molar refractivity (Wildman–Crippen MR) is 201 cm³/mol. The third-order valence-corrected chi connectivity index (χ3v) is 10.8. The van der Waals surface area contributed by atoms with E-state index in [1.165, 1.54) is 12.1 Å². The highest BCUT2D eigenvalue weighted by atomic mass is 19.4. The van der Waals surface area contributed by atoms with E-state index in [4.69, 9.17) is 9.40 Å². The quantitative estimate of drug-likeness (QED) is 0.145. The number of hydrogen-bond donors (Lipinski definition) is 2. The second kappa shape index (κ2) is 14.9. The topological polar surface area (TPSA) is 114 Å². The van der Waals surface area contributed by atoms with E-state index >= 15 is 0 Å². The van der Waals surface area contributed by atoms with Crippen LogP contribution in [0.3, 0.4) is 0 Å². The van der Waals surface area contributed by atoms with Crippen LogP contribution in [0.1, 0.15) is 62.9 Å². The van der Waals surface area contributed by atoms with Gasteiger partial charge in [-0.15, -0.1) is 0 Å². The number of fused-ring (bicyclic) bond motifs is 1. The van der Waals surface area contributed by atoms with E-state index in [1.807, 2.05) is 68.1 Å². The van der Waals surface area contributed by atoms with Crippen molar-refractivity contribution in [3.8, 4) is 28.7 Å². The number of carboxylic acid groups (broad SMARTS) is 1. The van der Waals surface area contributed by atoms with Crippen LogP contribution in [-0.2, 0) is 24.1 Å². The van der Waals surface area contributed by atoms with Crippen molar-refractivity contribution in [2.24, 2.45) is 5.92 Å². The zero-order chi connectivity index (χ0) is 38.3. The summed E-state index contributed by atoms with van der Waals surface area (Å²) in [5.74, 6) is -0.835. The molecule has 54 heavy (non-hydrogen) atoms. The van der Waals surface area contributed by atoms with Crippen molar-refractivity contribution < 1.29 is 32.6 Å². The summed E-state index contributed by atoms with van der Waals surface area (Å²) in [7, 11) is 0. The van der Waals surface area contributed by atoms with Crippen molar-refractivity contribution in [2.75, 3.05) is 26.2 Å². The van der Waals surface area contributed by atoms with Crippen LogP contribution in [0.5, 0.6) is 0 Å². The molecule has 278 valence electrons. The molecule has 0 aliphatic carbocycles. The molecule has 7 rings (SSSR count). The fourth-order valence-corrected chi connectivity index (χ4v) is 7.81. The van der Waals surface area contributed by atoms with Crippen molar-refractivity contribution in [3.05, 3.63) is 111 Å². The Kier molecular flexibility index (Phi) is 10.2. The maximum atomic E-state index is 14.4. The minimum atomic E-state index is -4.54. The number of halogens is 3. The molecule has 11 heteroatoms. The summed E-state index contributed by atoms with van der Waals surface area (Å²) in [5.41, 5.74) is 8.01. The van der Waals surface area contributed by atoms with Gasteiger partial charge in [0.15, 0.2) is 5.58 Å². The van der Waals surface area contributed by atoms with E-state index < -0.39 is 29.7 Å². The number of carbonyl (C=O) groups is 1. The van der Waals surface area contributed by atoms with Crippen molar-refractivity contribution in [1.29, 1.82) is 5.26 Å². The molecule has 0 radical (unpaired) electrons. The van der Waals surface area contributed by atoms with Gasteiger partial charge in [0.1, 0.15) is 11.6 Å². The first-order valence-electron chi connectivity index (χ1n) is 18.1. The molecule has 0 unspecified atom stereocenters. The Morgan fingerprint density at radius 1 is 0.926 bits per heavy atom. The minimum absolute atomic E-state index is 0.0916. The number of nitriles is 1. The molecule has 2 fully saturated rings. The van der Waals surface area contributed by atoms with Crippen molar-refractivity contribution >= 4 is 29.2 Å². The third-order valence-electron chi connectivity index (χ3n) is 10.8. The lowest BCUT2D eigenvalue weighted by Crippen LogP contribution is -2.22. The second-order valence-corrected chi connectivity index (χ2v) is 14.6. The highest BCUT2D eigenvalue weighted by Crippen LogP contribution is 2.38. The average molecular weight is 735 g/mol. The third kappa shape index (κ3) is 7.55. The van der Waals surface area contributed by atoms with Crippen LogP contribution >= 0.6 is 0 Å². The van der Waals surface area contributed by atoms with Crippen molar-refractivity contribution in [3.63, 3.8) is 0 Å². The van der Waals surface area contributed by atoms with E-state index in [9.17, 15) is 33.4 Å². The molecule has 0 spiro atoms. The van der Waals surface area contributed by atoms with Gasteiger partial charge >= 0.3 is 12.1 Å². The van der Waals surface area contributed by atoms with Crippen LogP contribution < -0.4 is 0 Å². The first-order valence-corrected chi connectivity index (χ1v) is 18.1. The zero-order valence-electron chi connectivity index (χ0n) is 30.4. The van der Waals surface area contributed by atoms with Gasteiger partial charge in [0.2, 0.25) is 5.89 Å². The van der Waals surface area contributed by atoms with Gasteiger partial charge in [0.05, 0.1) is 23.1 Å². The standard InChI is InChI=1S/C43H41F3N4O4/c1-25-16-30(38(43(44,45)46)19-33(25)23-50-15-13-34(51)24-50)11-10-29-6-4-7-35(26(29)2)36-8-5-9-37(27(36)3)41-48-39-18-28(17-32(20-47)40(39)54-41)21-49-14-12-31(22-49)42(52)53/h4-11,16-19,31,34,51H,12-15,21-24H2,1-3H3,(H,52,53)/b11-10+/t31-,34-/m1/s1. The molecule has 5 aromatic rings. The number of aliphatic carboxylic acids is 1. The highest BCUT2D eigenvalue weighted by Gasteiger charge is 2.34. The molecule has 1 aromatic heterocycles. The van der Waals surface area contributed by atoms with Gasteiger partial charge in [-0.3, -0.25) is 14.6 Å². The summed E-state index contributed by atoms with van der Waals surface area (Å²) >= 11 is 0. The molecule has 4 aromatic carbocycles. The number of nitrogens with zero attached hydrogens (tertiary/aromatic N) is 4. The van der Waals surface area contributed by atoms with Crippen LogP contribution in [0.4, 0.5) is 13.2 Å². The SMILES string of the molecule is Cc1cc(/C=C/c2cccc(-c3cccc(-c4nc5cc(CN6CC[C@@H](C(=O)O)C6)cc(C#N)c5o4)c3C)c2C)c(C(F)(F)F)cc1CN1CC[C@@H](O)C1. The fraction of sp³-hybridized carbons (Fsp3) is 0.326. The van der Waals surface area contributed by atoms with E-state index in [1.54, 1.807) is 18.2 Å². The lowest BCUT2D eigenvalue weighted by Gasteiger charge is -2.20. The molecule has 3 heterocycles. The van der Waals surface area contributed by atoms with Gasteiger partial charge < -0.3 is 14.6 Å². The Bertz CT molecular complexity index is 2320. The number of aliphatic hydroxyl groups is 1. The number of hydrogen-bond acceptors (Lipinski definition) is 7. The van der Waals surface area contributed by atoms with Gasteiger partial charge in [-0.05, 0) is 114 Å². The molecular formula is C43H41F3N4O4. The van der Waals surface area contributed by atoms with Gasteiger partial charge in [0, 0.05) is 38.3 Å². The monoisotopic (exact) mass is 734 g/mol. The summed E-state index contributed by atoms with van der Waals surface area (Å²) in [6, 6.07) is 20.3. The lowest BCUT2D eigenvalue weighted by molar-refractivity contribution is -0.141.